The fourth-order valence-electron chi connectivity index (χ4n) is 7.23. The third kappa shape index (κ3) is 5.04. The molecular weight excluding hydrogens is 625 g/mol. The summed E-state index contributed by atoms with van der Waals surface area (Å²) in [5, 5.41) is 4.46. The zero-order valence-electron chi connectivity index (χ0n) is 27.5. The molecule has 240 valence electrons. The standard InChI is InChI=1S/C47H30N2O2/c1-3-13-33(14-4-1)38-18-9-10-19-41(38)49(37-26-24-32(25-27-37)36-23-22-31-12-7-8-17-35(31)28-36)42-20-11-21-43-46(42)39-29-40-45(30-44(39)50-43)51-47(48-40)34-15-5-2-6-16-34/h1-30H. The summed E-state index contributed by atoms with van der Waals surface area (Å²) in [4.78, 5) is 7.25. The van der Waals surface area contributed by atoms with Gasteiger partial charge in [-0.15, -0.1) is 0 Å². The van der Waals surface area contributed by atoms with Gasteiger partial charge in [0, 0.05) is 28.3 Å². The number of rotatable bonds is 6. The molecule has 10 rings (SSSR count). The van der Waals surface area contributed by atoms with Gasteiger partial charge in [-0.25, -0.2) is 4.98 Å². The first-order valence-corrected chi connectivity index (χ1v) is 17.1. The van der Waals surface area contributed by atoms with Gasteiger partial charge in [0.2, 0.25) is 5.89 Å². The van der Waals surface area contributed by atoms with Crippen molar-refractivity contribution in [3.63, 3.8) is 0 Å². The summed E-state index contributed by atoms with van der Waals surface area (Å²) in [6, 6.07) is 63.5. The molecule has 0 aliphatic rings. The smallest absolute Gasteiger partial charge is 0.227 e. The summed E-state index contributed by atoms with van der Waals surface area (Å²) in [7, 11) is 0. The van der Waals surface area contributed by atoms with E-state index in [2.05, 4.69) is 144 Å². The first kappa shape index (κ1) is 29.0. The maximum atomic E-state index is 6.55. The number of oxazole rings is 1. The van der Waals surface area contributed by atoms with Crippen molar-refractivity contribution in [3.05, 3.63) is 182 Å². The molecule has 0 radical (unpaired) electrons. The molecule has 0 unspecified atom stereocenters. The monoisotopic (exact) mass is 654 g/mol. The highest BCUT2D eigenvalue weighted by Gasteiger charge is 2.23. The van der Waals surface area contributed by atoms with Crippen LogP contribution in [0.15, 0.2) is 191 Å². The van der Waals surface area contributed by atoms with Gasteiger partial charge >= 0.3 is 0 Å². The normalized spacial score (nSPS) is 11.5. The minimum Gasteiger partial charge on any atom is -0.456 e. The average Bonchev–Trinajstić information content (AvgIpc) is 3.79. The van der Waals surface area contributed by atoms with Crippen LogP contribution in [0.1, 0.15) is 0 Å². The Kier molecular flexibility index (Phi) is 6.78. The van der Waals surface area contributed by atoms with Crippen molar-refractivity contribution < 1.29 is 8.83 Å². The van der Waals surface area contributed by atoms with Gasteiger partial charge in [0.05, 0.1) is 16.8 Å². The van der Waals surface area contributed by atoms with Gasteiger partial charge in [0.25, 0.3) is 0 Å². The lowest BCUT2D eigenvalue weighted by atomic mass is 9.99. The molecule has 0 aliphatic heterocycles. The fourth-order valence-corrected chi connectivity index (χ4v) is 7.23. The molecule has 0 N–H and O–H groups in total. The zero-order chi connectivity index (χ0) is 33.7. The van der Waals surface area contributed by atoms with Crippen molar-refractivity contribution in [2.75, 3.05) is 4.90 Å². The number of anilines is 3. The van der Waals surface area contributed by atoms with Gasteiger partial charge in [0.1, 0.15) is 16.7 Å². The van der Waals surface area contributed by atoms with Gasteiger partial charge in [-0.2, -0.15) is 0 Å². The van der Waals surface area contributed by atoms with Crippen LogP contribution in [0.5, 0.6) is 0 Å². The molecular formula is C47H30N2O2. The summed E-state index contributed by atoms with van der Waals surface area (Å²) in [6.45, 7) is 0. The molecule has 4 nitrogen and oxygen atoms in total. The molecule has 0 fully saturated rings. The second-order valence-electron chi connectivity index (χ2n) is 12.8. The van der Waals surface area contributed by atoms with Gasteiger partial charge in [-0.3, -0.25) is 0 Å². The summed E-state index contributed by atoms with van der Waals surface area (Å²) in [5.41, 5.74) is 11.7. The highest BCUT2D eigenvalue weighted by atomic mass is 16.4. The molecule has 10 aromatic rings. The third-order valence-electron chi connectivity index (χ3n) is 9.68. The number of fused-ring (bicyclic) bond motifs is 5. The van der Waals surface area contributed by atoms with Gasteiger partial charge in [0.15, 0.2) is 5.58 Å². The lowest BCUT2D eigenvalue weighted by Gasteiger charge is -2.28. The lowest BCUT2D eigenvalue weighted by Crippen LogP contribution is -2.11. The Hall–Kier alpha value is -6.91. The fraction of sp³-hybridized carbons (Fsp3) is 0. The Labute approximate surface area is 294 Å². The van der Waals surface area contributed by atoms with Crippen LogP contribution in [0, 0.1) is 0 Å². The van der Waals surface area contributed by atoms with E-state index in [0.29, 0.717) is 11.5 Å². The topological polar surface area (TPSA) is 42.4 Å². The molecule has 0 aliphatic carbocycles. The highest BCUT2D eigenvalue weighted by Crippen LogP contribution is 2.46. The molecule has 0 saturated carbocycles. The SMILES string of the molecule is c1ccc(-c2nc3cc4c(cc3o2)oc2cccc(N(c3ccc(-c5ccc6ccccc6c5)cc3)c3ccccc3-c3ccccc3)c24)cc1. The molecule has 4 heteroatoms. The van der Waals surface area contributed by atoms with Crippen LogP contribution in [0.4, 0.5) is 17.1 Å². The van der Waals surface area contributed by atoms with E-state index in [4.69, 9.17) is 13.8 Å². The minimum atomic E-state index is 0.590. The first-order valence-electron chi connectivity index (χ1n) is 17.1. The number of benzene rings is 8. The van der Waals surface area contributed by atoms with Crippen LogP contribution in [-0.4, -0.2) is 4.98 Å². The summed E-state index contributed by atoms with van der Waals surface area (Å²) in [6.07, 6.45) is 0. The maximum absolute atomic E-state index is 6.55. The van der Waals surface area contributed by atoms with Gasteiger partial charge in [-0.1, -0.05) is 121 Å². The number of aromatic nitrogens is 1. The predicted octanol–water partition coefficient (Wildman–Crippen LogP) is 13.4. The van der Waals surface area contributed by atoms with Crippen LogP contribution in [-0.2, 0) is 0 Å². The summed E-state index contributed by atoms with van der Waals surface area (Å²) in [5.74, 6) is 0.590. The Balaban J connectivity index is 1.17. The predicted molar refractivity (Wildman–Crippen MR) is 210 cm³/mol. The Bertz CT molecular complexity index is 2850. The highest BCUT2D eigenvalue weighted by molar-refractivity contribution is 6.16. The first-order chi connectivity index (χ1) is 25.3. The van der Waals surface area contributed by atoms with E-state index in [1.54, 1.807) is 0 Å². The molecule has 0 spiro atoms. The second kappa shape index (κ2) is 11.9. The number of nitrogens with zero attached hydrogens (tertiary/aromatic N) is 2. The van der Waals surface area contributed by atoms with E-state index in [0.717, 1.165) is 66.8 Å². The Morgan fingerprint density at radius 2 is 1.10 bits per heavy atom. The van der Waals surface area contributed by atoms with Crippen LogP contribution >= 0.6 is 0 Å². The molecule has 51 heavy (non-hydrogen) atoms. The van der Waals surface area contributed by atoms with E-state index in [1.165, 1.54) is 16.3 Å². The molecule has 0 atom stereocenters. The lowest BCUT2D eigenvalue weighted by molar-refractivity contribution is 0.617. The largest absolute Gasteiger partial charge is 0.456 e. The number of hydrogen-bond acceptors (Lipinski definition) is 4. The Morgan fingerprint density at radius 1 is 0.412 bits per heavy atom. The molecule has 8 aromatic carbocycles. The van der Waals surface area contributed by atoms with E-state index < -0.39 is 0 Å². The van der Waals surface area contributed by atoms with Crippen LogP contribution in [0.25, 0.3) is 77.5 Å². The van der Waals surface area contributed by atoms with Crippen LogP contribution < -0.4 is 4.90 Å². The number of hydrogen-bond donors (Lipinski definition) is 0. The van der Waals surface area contributed by atoms with E-state index in [-0.39, 0.29) is 0 Å². The number of furan rings is 1. The molecule has 0 bridgehead atoms. The quantitative estimate of drug-likeness (QED) is 0.179. The van der Waals surface area contributed by atoms with Gasteiger partial charge in [-0.05, 0) is 82.1 Å². The van der Waals surface area contributed by atoms with Crippen molar-refractivity contribution in [3.8, 4) is 33.7 Å². The van der Waals surface area contributed by atoms with E-state index in [1.807, 2.05) is 42.5 Å². The molecule has 0 amide bonds. The van der Waals surface area contributed by atoms with E-state index in [9.17, 15) is 0 Å². The average molecular weight is 655 g/mol. The molecule has 2 aromatic heterocycles. The van der Waals surface area contributed by atoms with Crippen molar-refractivity contribution in [2.45, 2.75) is 0 Å². The third-order valence-corrected chi connectivity index (χ3v) is 9.68. The van der Waals surface area contributed by atoms with Gasteiger partial charge < -0.3 is 13.7 Å². The van der Waals surface area contributed by atoms with Crippen LogP contribution in [0.2, 0.25) is 0 Å². The maximum Gasteiger partial charge on any atom is 0.227 e. The second-order valence-corrected chi connectivity index (χ2v) is 12.8. The van der Waals surface area contributed by atoms with Crippen molar-refractivity contribution >= 4 is 60.9 Å². The van der Waals surface area contributed by atoms with Crippen molar-refractivity contribution in [2.24, 2.45) is 0 Å². The van der Waals surface area contributed by atoms with Crippen molar-refractivity contribution in [1.82, 2.24) is 4.98 Å². The zero-order valence-corrected chi connectivity index (χ0v) is 27.5. The summed E-state index contributed by atoms with van der Waals surface area (Å²) >= 11 is 0. The molecule has 2 heterocycles. The van der Waals surface area contributed by atoms with Crippen LogP contribution in [0.3, 0.4) is 0 Å². The summed E-state index contributed by atoms with van der Waals surface area (Å²) < 4.78 is 12.8. The number of para-hydroxylation sites is 1. The minimum absolute atomic E-state index is 0.590. The Morgan fingerprint density at radius 3 is 1.92 bits per heavy atom. The molecule has 0 saturated heterocycles. The van der Waals surface area contributed by atoms with E-state index >= 15 is 0 Å². The van der Waals surface area contributed by atoms with Crippen molar-refractivity contribution in [1.29, 1.82) is 0 Å².